The molecule has 2 atom stereocenters. The van der Waals surface area contributed by atoms with Crippen LogP contribution in [-0.4, -0.2) is 70.2 Å². The molecule has 8 nitrogen and oxygen atoms in total. The average molecular weight is 485 g/mol. The Hall–Kier alpha value is -3.46. The fraction of sp³-hybridized carbons (Fsp3) is 0.357. The number of aryl methyl sites for hydroxylation is 1. The maximum atomic E-state index is 5.02. The minimum atomic E-state index is -0.163. The van der Waals surface area contributed by atoms with Gasteiger partial charge in [0.1, 0.15) is 5.65 Å². The molecule has 1 aliphatic carbocycles. The number of aromatic nitrogens is 4. The zero-order valence-corrected chi connectivity index (χ0v) is 21.8. The van der Waals surface area contributed by atoms with E-state index < -0.39 is 0 Å². The van der Waals surface area contributed by atoms with Gasteiger partial charge in [0.25, 0.3) is 0 Å². The quantitative estimate of drug-likeness (QED) is 0.289. The molecule has 0 saturated heterocycles. The second-order valence-electron chi connectivity index (χ2n) is 9.77. The van der Waals surface area contributed by atoms with Crippen molar-refractivity contribution in [3.8, 4) is 11.3 Å². The van der Waals surface area contributed by atoms with Crippen LogP contribution >= 0.6 is 0 Å². The number of H-pyrrole nitrogens is 1. The Morgan fingerprint density at radius 2 is 1.97 bits per heavy atom. The third-order valence-electron chi connectivity index (χ3n) is 7.15. The van der Waals surface area contributed by atoms with E-state index in [1.54, 1.807) is 0 Å². The van der Waals surface area contributed by atoms with Crippen LogP contribution in [0.2, 0.25) is 0 Å². The number of hydrogen-bond donors (Lipinski definition) is 4. The van der Waals surface area contributed by atoms with Crippen molar-refractivity contribution >= 4 is 27.9 Å². The summed E-state index contributed by atoms with van der Waals surface area (Å²) in [6.45, 7) is 4.01. The van der Waals surface area contributed by atoms with Crippen molar-refractivity contribution in [2.24, 2.45) is 7.05 Å². The lowest BCUT2D eigenvalue weighted by Crippen LogP contribution is -2.58. The second kappa shape index (κ2) is 9.89. The summed E-state index contributed by atoms with van der Waals surface area (Å²) in [6.07, 6.45) is 11.7. The number of anilines is 1. The Kier molecular flexibility index (Phi) is 6.66. The van der Waals surface area contributed by atoms with Crippen LogP contribution in [-0.2, 0) is 7.05 Å². The summed E-state index contributed by atoms with van der Waals surface area (Å²) < 4.78 is 2.15. The van der Waals surface area contributed by atoms with E-state index in [9.17, 15) is 0 Å². The van der Waals surface area contributed by atoms with Crippen molar-refractivity contribution in [2.75, 3.05) is 39.5 Å². The molecular weight excluding hydrogens is 448 g/mol. The van der Waals surface area contributed by atoms with Gasteiger partial charge in [-0.2, -0.15) is 4.98 Å². The van der Waals surface area contributed by atoms with Gasteiger partial charge >= 0.3 is 0 Å². The highest BCUT2D eigenvalue weighted by atomic mass is 15.1. The molecule has 0 radical (unpaired) electrons. The number of hydrogen-bond acceptors (Lipinski definition) is 6. The van der Waals surface area contributed by atoms with Crippen molar-refractivity contribution in [3.05, 3.63) is 66.7 Å². The zero-order valence-electron chi connectivity index (χ0n) is 21.8. The molecule has 8 heteroatoms. The SMILES string of the molecule is CCNC1C=C(Nc2nc(-c3cn(C)c4ccccc34)c3cc[nH]c3n2)C=CC1(CCN(C)C)NC. The van der Waals surface area contributed by atoms with Gasteiger partial charge in [-0.25, -0.2) is 4.98 Å². The highest BCUT2D eigenvalue weighted by Gasteiger charge is 2.35. The molecule has 188 valence electrons. The van der Waals surface area contributed by atoms with Crippen LogP contribution in [0.5, 0.6) is 0 Å². The van der Waals surface area contributed by atoms with Crippen molar-refractivity contribution < 1.29 is 0 Å². The summed E-state index contributed by atoms with van der Waals surface area (Å²) in [5, 5.41) is 12.9. The molecular formula is C28H36N8. The summed E-state index contributed by atoms with van der Waals surface area (Å²) in [5.41, 5.74) is 4.82. The summed E-state index contributed by atoms with van der Waals surface area (Å²) in [6, 6.07) is 10.6. The Morgan fingerprint density at radius 1 is 1.14 bits per heavy atom. The monoisotopic (exact) mass is 484 g/mol. The van der Waals surface area contributed by atoms with E-state index in [2.05, 4.69) is 107 Å². The molecule has 1 aromatic carbocycles. The first-order valence-electron chi connectivity index (χ1n) is 12.6. The predicted molar refractivity (Wildman–Crippen MR) is 149 cm³/mol. The summed E-state index contributed by atoms with van der Waals surface area (Å²) in [5.74, 6) is 0.573. The molecule has 3 heterocycles. The number of fused-ring (bicyclic) bond motifs is 2. The molecule has 0 bridgehead atoms. The Balaban J connectivity index is 1.51. The average Bonchev–Trinajstić information content (AvgIpc) is 3.48. The zero-order chi connectivity index (χ0) is 25.3. The van der Waals surface area contributed by atoms with Crippen LogP contribution in [0.15, 0.2) is 66.7 Å². The fourth-order valence-corrected chi connectivity index (χ4v) is 5.14. The first-order valence-corrected chi connectivity index (χ1v) is 12.6. The van der Waals surface area contributed by atoms with Gasteiger partial charge in [0.15, 0.2) is 0 Å². The number of rotatable bonds is 9. The van der Waals surface area contributed by atoms with E-state index in [0.717, 1.165) is 47.5 Å². The largest absolute Gasteiger partial charge is 0.350 e. The van der Waals surface area contributed by atoms with Gasteiger partial charge in [0.2, 0.25) is 5.95 Å². The van der Waals surface area contributed by atoms with Gasteiger partial charge in [0.05, 0.1) is 11.2 Å². The smallest absolute Gasteiger partial charge is 0.229 e. The van der Waals surface area contributed by atoms with Crippen LogP contribution in [0.4, 0.5) is 5.95 Å². The maximum Gasteiger partial charge on any atom is 0.229 e. The van der Waals surface area contributed by atoms with E-state index >= 15 is 0 Å². The number of nitrogens with zero attached hydrogens (tertiary/aromatic N) is 4. The van der Waals surface area contributed by atoms with Crippen LogP contribution < -0.4 is 16.0 Å². The fourth-order valence-electron chi connectivity index (χ4n) is 5.14. The Morgan fingerprint density at radius 3 is 2.75 bits per heavy atom. The Labute approximate surface area is 212 Å². The van der Waals surface area contributed by atoms with Crippen molar-refractivity contribution in [2.45, 2.75) is 24.9 Å². The van der Waals surface area contributed by atoms with Gasteiger partial charge < -0.3 is 30.4 Å². The predicted octanol–water partition coefficient (Wildman–Crippen LogP) is 3.87. The number of benzene rings is 1. The minimum Gasteiger partial charge on any atom is -0.350 e. The number of para-hydroxylation sites is 1. The standard InChI is InChI=1S/C28H36N8/c1-6-30-24-17-19(11-13-28(24,29-2)14-16-35(3)4)32-27-33-25(21-12-15-31-26(21)34-27)22-18-36(5)23-10-8-7-9-20(22)23/h7-13,15,17-18,24,29-30H,6,14,16H2,1-5H3,(H2,31,32,33,34). The van der Waals surface area contributed by atoms with Crippen LogP contribution in [0.25, 0.3) is 33.2 Å². The van der Waals surface area contributed by atoms with Crippen molar-refractivity contribution in [1.29, 1.82) is 0 Å². The molecule has 0 aliphatic heterocycles. The summed E-state index contributed by atoms with van der Waals surface area (Å²) in [4.78, 5) is 15.3. The minimum absolute atomic E-state index is 0.131. The van der Waals surface area contributed by atoms with E-state index in [4.69, 9.17) is 9.97 Å². The number of allylic oxidation sites excluding steroid dienone is 1. The van der Waals surface area contributed by atoms with Gasteiger partial charge in [0, 0.05) is 53.0 Å². The van der Waals surface area contributed by atoms with E-state index in [-0.39, 0.29) is 11.6 Å². The van der Waals surface area contributed by atoms with E-state index in [1.165, 1.54) is 10.9 Å². The van der Waals surface area contributed by atoms with E-state index in [0.29, 0.717) is 5.95 Å². The molecule has 0 spiro atoms. The molecule has 0 fully saturated rings. The lowest BCUT2D eigenvalue weighted by atomic mass is 9.82. The first-order chi connectivity index (χ1) is 17.4. The Bertz CT molecular complexity index is 1430. The van der Waals surface area contributed by atoms with Crippen molar-refractivity contribution in [3.63, 3.8) is 0 Å². The highest BCUT2D eigenvalue weighted by Crippen LogP contribution is 2.34. The highest BCUT2D eigenvalue weighted by molar-refractivity contribution is 6.02. The molecule has 36 heavy (non-hydrogen) atoms. The lowest BCUT2D eigenvalue weighted by Gasteiger charge is -2.40. The molecule has 5 rings (SSSR count). The molecule has 0 amide bonds. The molecule has 3 aromatic heterocycles. The topological polar surface area (TPSA) is 85.8 Å². The number of aromatic amines is 1. The lowest BCUT2D eigenvalue weighted by molar-refractivity contribution is 0.279. The first kappa shape index (κ1) is 24.2. The van der Waals surface area contributed by atoms with Gasteiger partial charge in [-0.3, -0.25) is 0 Å². The third kappa shape index (κ3) is 4.43. The van der Waals surface area contributed by atoms with E-state index in [1.807, 2.05) is 19.3 Å². The number of nitrogens with one attached hydrogen (secondary N) is 4. The second-order valence-corrected chi connectivity index (χ2v) is 9.77. The van der Waals surface area contributed by atoms with Gasteiger partial charge in [-0.05, 0) is 64.9 Å². The molecule has 2 unspecified atom stereocenters. The third-order valence-corrected chi connectivity index (χ3v) is 7.15. The van der Waals surface area contributed by atoms with Gasteiger partial charge in [-0.15, -0.1) is 0 Å². The maximum absolute atomic E-state index is 5.02. The van der Waals surface area contributed by atoms with Gasteiger partial charge in [-0.1, -0.05) is 31.2 Å². The molecule has 1 aliphatic rings. The summed E-state index contributed by atoms with van der Waals surface area (Å²) in [7, 11) is 8.34. The molecule has 0 saturated carbocycles. The van der Waals surface area contributed by atoms with Crippen LogP contribution in [0.3, 0.4) is 0 Å². The normalized spacial score (nSPS) is 19.9. The molecule has 4 aromatic rings. The van der Waals surface area contributed by atoms with Crippen LogP contribution in [0.1, 0.15) is 13.3 Å². The number of likely N-dealkylation sites (N-methyl/N-ethyl adjacent to an activating group) is 2. The van der Waals surface area contributed by atoms with Crippen molar-refractivity contribution in [1.82, 2.24) is 35.1 Å². The summed E-state index contributed by atoms with van der Waals surface area (Å²) >= 11 is 0. The molecule has 4 N–H and O–H groups in total. The van der Waals surface area contributed by atoms with Crippen LogP contribution in [0, 0.1) is 0 Å².